The van der Waals surface area contributed by atoms with E-state index in [-0.39, 0.29) is 5.56 Å². The smallest absolute Gasteiger partial charge is 0.352 e. The highest BCUT2D eigenvalue weighted by Gasteiger charge is 2.46. The van der Waals surface area contributed by atoms with Crippen molar-refractivity contribution in [2.24, 2.45) is 0 Å². The molecule has 0 saturated carbocycles. The van der Waals surface area contributed by atoms with Gasteiger partial charge in [-0.3, -0.25) is 0 Å². The molecule has 23 heavy (non-hydrogen) atoms. The van der Waals surface area contributed by atoms with Gasteiger partial charge in [-0.05, 0) is 24.3 Å². The lowest BCUT2D eigenvalue weighted by molar-refractivity contribution is -0.631. The second kappa shape index (κ2) is 6.23. The van der Waals surface area contributed by atoms with Crippen LogP contribution in [-0.4, -0.2) is 17.8 Å². The van der Waals surface area contributed by atoms with Gasteiger partial charge in [0.25, 0.3) is 0 Å². The van der Waals surface area contributed by atoms with Gasteiger partial charge in [-0.2, -0.15) is 0 Å². The normalized spacial score (nSPS) is 20.5. The summed E-state index contributed by atoms with van der Waals surface area (Å²) >= 11 is 0. The molecule has 1 heterocycles. The highest BCUT2D eigenvalue weighted by molar-refractivity contribution is 5.89. The Hall–Kier alpha value is -2.64. The van der Waals surface area contributed by atoms with Gasteiger partial charge in [-0.1, -0.05) is 24.3 Å². The molecule has 1 fully saturated rings. The van der Waals surface area contributed by atoms with Crippen molar-refractivity contribution in [1.29, 1.82) is 0 Å². The number of methoxy groups -OCH3 is 1. The van der Waals surface area contributed by atoms with Crippen molar-refractivity contribution in [3.05, 3.63) is 75.9 Å². The molecule has 2 aromatic carbocycles. The molecule has 0 aromatic heterocycles. The summed E-state index contributed by atoms with van der Waals surface area (Å²) in [5, 5.41) is 0. The molecule has 0 amide bonds. The van der Waals surface area contributed by atoms with Crippen LogP contribution in [0.3, 0.4) is 0 Å². The summed E-state index contributed by atoms with van der Waals surface area (Å²) in [6.45, 7) is 0. The molecule has 1 saturated heterocycles. The van der Waals surface area contributed by atoms with Gasteiger partial charge in [0.15, 0.2) is 0 Å². The molecular weight excluding hydrogens is 303 g/mol. The number of halogens is 1. The van der Waals surface area contributed by atoms with Crippen molar-refractivity contribution < 1.29 is 23.5 Å². The third-order valence-corrected chi connectivity index (χ3v) is 3.57. The van der Waals surface area contributed by atoms with Crippen molar-refractivity contribution in [3.8, 4) is 0 Å². The van der Waals surface area contributed by atoms with Crippen LogP contribution in [0.4, 0.5) is 4.39 Å². The zero-order chi connectivity index (χ0) is 16.4. The van der Waals surface area contributed by atoms with E-state index in [4.69, 9.17) is 4.84 Å². The number of hydrogen-bond donors (Lipinski definition) is 1. The van der Waals surface area contributed by atoms with E-state index in [1.165, 1.54) is 31.4 Å². The van der Waals surface area contributed by atoms with Crippen molar-refractivity contribution in [1.82, 2.24) is 5.48 Å². The topological polar surface area (TPSA) is 67.6 Å². The maximum atomic E-state index is 13.8. The molecule has 2 atom stereocenters. The summed E-state index contributed by atoms with van der Waals surface area (Å²) in [6, 6.07) is 12.3. The fourth-order valence-corrected chi connectivity index (χ4v) is 2.41. The van der Waals surface area contributed by atoms with Crippen LogP contribution < -0.4 is 5.48 Å². The lowest BCUT2D eigenvalue weighted by Gasteiger charge is -2.05. The van der Waals surface area contributed by atoms with Gasteiger partial charge in [0.2, 0.25) is 0 Å². The number of esters is 1. The number of nitrogens with zero attached hydrogens (tertiary/aromatic N) is 1. The van der Waals surface area contributed by atoms with Crippen LogP contribution in [0.25, 0.3) is 0 Å². The molecular formula is C16H14FN2O4+. The first-order chi connectivity index (χ1) is 11.1. The van der Waals surface area contributed by atoms with E-state index in [9.17, 15) is 14.1 Å². The summed E-state index contributed by atoms with van der Waals surface area (Å²) in [6.07, 6.45) is -1.97. The lowest BCUT2D eigenvalue weighted by atomic mass is 10.1. The first-order valence-corrected chi connectivity index (χ1v) is 6.91. The Morgan fingerprint density at radius 2 is 2.04 bits per heavy atom. The number of hydrogen-bond acceptors (Lipinski definition) is 5. The summed E-state index contributed by atoms with van der Waals surface area (Å²) < 4.78 is 19.1. The lowest BCUT2D eigenvalue weighted by Crippen LogP contribution is -2.19. The highest BCUT2D eigenvalue weighted by Crippen LogP contribution is 2.32. The van der Waals surface area contributed by atoms with E-state index in [0.717, 1.165) is 0 Å². The van der Waals surface area contributed by atoms with Gasteiger partial charge in [0.05, 0.1) is 23.0 Å². The average Bonchev–Trinajstić information content (AvgIpc) is 2.96. The Morgan fingerprint density at radius 1 is 1.26 bits per heavy atom. The zero-order valence-electron chi connectivity index (χ0n) is 12.2. The Balaban J connectivity index is 1.88. The van der Waals surface area contributed by atoms with Crippen molar-refractivity contribution >= 4 is 5.97 Å². The van der Waals surface area contributed by atoms with Crippen molar-refractivity contribution in [2.75, 3.05) is 7.11 Å². The number of carbonyl (C=O) groups excluding carboxylic acids is 1. The summed E-state index contributed by atoms with van der Waals surface area (Å²) in [5.41, 5.74) is 3.55. The number of nitroso groups, excluding NO2 is 1. The molecule has 118 valence electrons. The van der Waals surface area contributed by atoms with Crippen molar-refractivity contribution in [3.63, 3.8) is 0 Å². The van der Waals surface area contributed by atoms with Crippen molar-refractivity contribution in [2.45, 2.75) is 12.4 Å². The van der Waals surface area contributed by atoms with Gasteiger partial charge in [0.1, 0.15) is 5.82 Å². The number of ether oxygens (including phenoxy) is 1. The van der Waals surface area contributed by atoms with Gasteiger partial charge in [-0.15, -0.1) is 5.48 Å². The number of nitrogens with one attached hydrogen (secondary N) is 1. The van der Waals surface area contributed by atoms with Crippen LogP contribution in [0.15, 0.2) is 48.5 Å². The van der Waals surface area contributed by atoms with E-state index in [1.54, 1.807) is 24.3 Å². The van der Waals surface area contributed by atoms with E-state index in [1.807, 2.05) is 0 Å². The first-order valence-electron chi connectivity index (χ1n) is 6.91. The monoisotopic (exact) mass is 317 g/mol. The maximum absolute atomic E-state index is 13.8. The zero-order valence-corrected chi connectivity index (χ0v) is 12.2. The summed E-state index contributed by atoms with van der Waals surface area (Å²) in [5.74, 6) is -1.03. The Bertz CT molecular complexity index is 765. The van der Waals surface area contributed by atoms with Crippen LogP contribution in [0.2, 0.25) is 0 Å². The minimum atomic E-state index is -1.11. The van der Waals surface area contributed by atoms with Crippen LogP contribution in [0.1, 0.15) is 33.9 Å². The predicted molar refractivity (Wildman–Crippen MR) is 77.5 cm³/mol. The summed E-state index contributed by atoms with van der Waals surface area (Å²) in [7, 11) is 1.28. The van der Waals surface area contributed by atoms with Crippen LogP contribution in [-0.2, 0) is 9.57 Å². The van der Waals surface area contributed by atoms with Crippen LogP contribution in [0.5, 0.6) is 0 Å². The number of benzene rings is 2. The molecule has 1 N–H and O–H groups in total. The Labute approximate surface area is 131 Å². The quantitative estimate of drug-likeness (QED) is 0.696. The molecule has 1 aliphatic rings. The third-order valence-electron chi connectivity index (χ3n) is 3.57. The standard InChI is InChI=1S/C16H14FN2O4/c1-22-16(20)11-6-4-5-10(9-11)14-18-23-15(19(14)21)12-7-2-3-8-13(12)17/h2-9,14-15,18H,1H3/q+1. The molecule has 1 aliphatic heterocycles. The van der Waals surface area contributed by atoms with Crippen LogP contribution >= 0.6 is 0 Å². The second-order valence-electron chi connectivity index (χ2n) is 4.99. The minimum absolute atomic E-state index is 0.140. The maximum Gasteiger partial charge on any atom is 0.352 e. The molecule has 0 radical (unpaired) electrons. The van der Waals surface area contributed by atoms with E-state index >= 15 is 0 Å². The highest BCUT2D eigenvalue weighted by atomic mass is 19.1. The summed E-state index contributed by atoms with van der Waals surface area (Å²) in [4.78, 5) is 29.3. The van der Waals surface area contributed by atoms with Gasteiger partial charge < -0.3 is 4.74 Å². The second-order valence-corrected chi connectivity index (χ2v) is 4.99. The fourth-order valence-electron chi connectivity index (χ4n) is 2.41. The predicted octanol–water partition coefficient (Wildman–Crippen LogP) is 2.62. The fraction of sp³-hybridized carbons (Fsp3) is 0.188. The van der Waals surface area contributed by atoms with Crippen LogP contribution in [0, 0.1) is 10.7 Å². The molecule has 0 bridgehead atoms. The Morgan fingerprint density at radius 3 is 2.78 bits per heavy atom. The minimum Gasteiger partial charge on any atom is -0.465 e. The molecule has 6 nitrogen and oxygen atoms in total. The molecule has 2 aromatic rings. The molecule has 0 aliphatic carbocycles. The molecule has 7 heteroatoms. The van der Waals surface area contributed by atoms with Gasteiger partial charge in [-0.25, -0.2) is 14.0 Å². The molecule has 2 unspecified atom stereocenters. The van der Waals surface area contributed by atoms with Gasteiger partial charge in [0, 0.05) is 10.5 Å². The average molecular weight is 317 g/mol. The number of carbonyl (C=O) groups is 1. The number of hydroxylamine groups is 1. The third kappa shape index (κ3) is 2.84. The largest absolute Gasteiger partial charge is 0.465 e. The van der Waals surface area contributed by atoms with E-state index < -0.39 is 24.2 Å². The number of rotatable bonds is 3. The Kier molecular flexibility index (Phi) is 4.14. The first kappa shape index (κ1) is 15.3. The molecule has 3 rings (SSSR count). The van der Waals surface area contributed by atoms with E-state index in [0.29, 0.717) is 15.9 Å². The molecule has 0 spiro atoms. The van der Waals surface area contributed by atoms with E-state index in [2.05, 4.69) is 10.2 Å². The SMILES string of the molecule is COC(=O)c1cccc(C2NOC(c3ccccc3F)[N+]2=O)c1. The van der Waals surface area contributed by atoms with Gasteiger partial charge >= 0.3 is 18.4 Å².